The molecule has 0 bridgehead atoms. The highest BCUT2D eigenvalue weighted by molar-refractivity contribution is 7.93. The SMILES string of the molecule is Cc1ccc(Nc2cc(F)cc(Oc3cccc(CNS(N)=O)c3)c2NS(=O)(=O)C2CC2)c(F)c1. The molecule has 12 heteroatoms. The summed E-state index contributed by atoms with van der Waals surface area (Å²) in [6, 6.07) is 13.2. The molecular formula is C23H24F2N4O4S2. The fourth-order valence-electron chi connectivity index (χ4n) is 3.34. The van der Waals surface area contributed by atoms with E-state index in [1.54, 1.807) is 37.3 Å². The first-order valence-electron chi connectivity index (χ1n) is 10.7. The van der Waals surface area contributed by atoms with Crippen molar-refractivity contribution in [3.63, 3.8) is 0 Å². The Balaban J connectivity index is 1.73. The molecule has 8 nitrogen and oxygen atoms in total. The Hall–Kier alpha value is -3.06. The number of ether oxygens (including phenoxy) is 1. The minimum atomic E-state index is -3.77. The Labute approximate surface area is 204 Å². The number of nitrogens with two attached hydrogens (primary N) is 1. The van der Waals surface area contributed by atoms with Gasteiger partial charge in [-0.05, 0) is 61.2 Å². The van der Waals surface area contributed by atoms with E-state index in [4.69, 9.17) is 9.88 Å². The average molecular weight is 523 g/mol. The van der Waals surface area contributed by atoms with Gasteiger partial charge in [0, 0.05) is 12.6 Å². The number of hydrogen-bond donors (Lipinski definition) is 4. The molecule has 1 unspecified atom stereocenters. The van der Waals surface area contributed by atoms with Crippen molar-refractivity contribution in [2.24, 2.45) is 5.14 Å². The van der Waals surface area contributed by atoms with E-state index in [-0.39, 0.29) is 35.1 Å². The third-order valence-electron chi connectivity index (χ3n) is 5.21. The number of hydrogen-bond acceptors (Lipinski definition) is 5. The van der Waals surface area contributed by atoms with Crippen LogP contribution in [0.2, 0.25) is 0 Å². The second-order valence-corrected chi connectivity index (χ2v) is 11.0. The first kappa shape index (κ1) is 25.0. The van der Waals surface area contributed by atoms with Gasteiger partial charge in [-0.2, -0.15) is 0 Å². The van der Waals surface area contributed by atoms with Gasteiger partial charge in [-0.3, -0.25) is 4.72 Å². The number of benzene rings is 3. The largest absolute Gasteiger partial charge is 0.455 e. The van der Waals surface area contributed by atoms with Crippen LogP contribution in [0.25, 0.3) is 0 Å². The van der Waals surface area contributed by atoms with Crippen LogP contribution < -0.4 is 24.6 Å². The monoisotopic (exact) mass is 522 g/mol. The molecule has 0 aliphatic heterocycles. The lowest BCUT2D eigenvalue weighted by molar-refractivity contribution is 0.478. The second-order valence-electron chi connectivity index (χ2n) is 8.15. The van der Waals surface area contributed by atoms with Gasteiger partial charge in [-0.25, -0.2) is 31.3 Å². The van der Waals surface area contributed by atoms with E-state index in [0.717, 1.165) is 12.1 Å². The van der Waals surface area contributed by atoms with E-state index in [2.05, 4.69) is 14.8 Å². The van der Waals surface area contributed by atoms with E-state index in [0.29, 0.717) is 24.0 Å². The maximum Gasteiger partial charge on any atom is 0.235 e. The summed E-state index contributed by atoms with van der Waals surface area (Å²) in [6.07, 6.45) is 1.03. The molecule has 0 radical (unpaired) electrons. The summed E-state index contributed by atoms with van der Waals surface area (Å²) in [6.45, 7) is 1.91. The lowest BCUT2D eigenvalue weighted by Gasteiger charge is -2.19. The van der Waals surface area contributed by atoms with Gasteiger partial charge in [-0.1, -0.05) is 18.2 Å². The molecule has 1 fully saturated rings. The highest BCUT2D eigenvalue weighted by Gasteiger charge is 2.37. The summed E-state index contributed by atoms with van der Waals surface area (Å²) >= 11 is -1.71. The van der Waals surface area contributed by atoms with E-state index < -0.39 is 38.1 Å². The normalized spacial score (nSPS) is 14.4. The maximum absolute atomic E-state index is 14.6. The van der Waals surface area contributed by atoms with Gasteiger partial charge < -0.3 is 10.1 Å². The van der Waals surface area contributed by atoms with Gasteiger partial charge in [-0.15, -0.1) is 0 Å². The molecule has 0 amide bonds. The van der Waals surface area contributed by atoms with Crippen LogP contribution in [0.4, 0.5) is 25.8 Å². The Morgan fingerprint density at radius 3 is 2.54 bits per heavy atom. The van der Waals surface area contributed by atoms with Crippen molar-refractivity contribution >= 4 is 38.3 Å². The van der Waals surface area contributed by atoms with Gasteiger partial charge in [0.25, 0.3) is 0 Å². The zero-order valence-electron chi connectivity index (χ0n) is 18.7. The highest BCUT2D eigenvalue weighted by atomic mass is 32.2. The molecule has 0 aromatic heterocycles. The second kappa shape index (κ2) is 10.3. The lowest BCUT2D eigenvalue weighted by atomic mass is 10.2. The third-order valence-corrected chi connectivity index (χ3v) is 7.48. The van der Waals surface area contributed by atoms with Crippen molar-refractivity contribution in [3.05, 3.63) is 77.4 Å². The molecule has 186 valence electrons. The molecule has 0 saturated heterocycles. The number of sulfonamides is 1. The van der Waals surface area contributed by atoms with E-state index >= 15 is 0 Å². The van der Waals surface area contributed by atoms with Crippen LogP contribution in [0.3, 0.4) is 0 Å². The van der Waals surface area contributed by atoms with Crippen molar-refractivity contribution in [1.29, 1.82) is 0 Å². The smallest absolute Gasteiger partial charge is 0.235 e. The molecule has 0 heterocycles. The molecule has 3 aromatic carbocycles. The molecule has 4 rings (SSSR count). The number of anilines is 3. The molecule has 0 spiro atoms. The topological polar surface area (TPSA) is 123 Å². The molecule has 1 aliphatic carbocycles. The van der Waals surface area contributed by atoms with E-state index in [9.17, 15) is 21.4 Å². The Kier molecular flexibility index (Phi) is 7.36. The van der Waals surface area contributed by atoms with Gasteiger partial charge >= 0.3 is 0 Å². The summed E-state index contributed by atoms with van der Waals surface area (Å²) in [4.78, 5) is 0. The quantitative estimate of drug-likeness (QED) is 0.316. The van der Waals surface area contributed by atoms with Crippen molar-refractivity contribution in [2.45, 2.75) is 31.6 Å². The van der Waals surface area contributed by atoms with Gasteiger partial charge in [0.2, 0.25) is 10.0 Å². The summed E-state index contributed by atoms with van der Waals surface area (Å²) < 4.78 is 76.7. The van der Waals surface area contributed by atoms with Crippen LogP contribution in [0.15, 0.2) is 54.6 Å². The molecular weight excluding hydrogens is 498 g/mol. The molecule has 5 N–H and O–H groups in total. The minimum absolute atomic E-state index is 0.0108. The fraction of sp³-hybridized carbons (Fsp3) is 0.217. The Bertz CT molecular complexity index is 1380. The first-order chi connectivity index (χ1) is 16.6. The Morgan fingerprint density at radius 1 is 1.09 bits per heavy atom. The number of rotatable bonds is 10. The van der Waals surface area contributed by atoms with E-state index in [1.165, 1.54) is 12.1 Å². The number of aryl methyl sites for hydroxylation is 1. The van der Waals surface area contributed by atoms with Crippen LogP contribution in [0.1, 0.15) is 24.0 Å². The van der Waals surface area contributed by atoms with Crippen molar-refractivity contribution in [1.82, 2.24) is 4.72 Å². The van der Waals surface area contributed by atoms with Crippen molar-refractivity contribution < 1.29 is 26.1 Å². The average Bonchev–Trinajstić information content (AvgIpc) is 3.63. The first-order valence-corrected chi connectivity index (χ1v) is 13.4. The zero-order chi connectivity index (χ0) is 25.2. The molecule has 3 aromatic rings. The van der Waals surface area contributed by atoms with Crippen LogP contribution >= 0.6 is 0 Å². The van der Waals surface area contributed by atoms with Crippen LogP contribution in [0.5, 0.6) is 11.5 Å². The summed E-state index contributed by atoms with van der Waals surface area (Å²) in [5, 5.41) is 7.44. The van der Waals surface area contributed by atoms with Crippen LogP contribution in [-0.4, -0.2) is 17.9 Å². The van der Waals surface area contributed by atoms with E-state index in [1.807, 2.05) is 0 Å². The lowest BCUT2D eigenvalue weighted by Crippen LogP contribution is -2.23. The van der Waals surface area contributed by atoms with Gasteiger partial charge in [0.15, 0.2) is 16.9 Å². The summed E-state index contributed by atoms with van der Waals surface area (Å²) in [7, 11) is -3.77. The Morgan fingerprint density at radius 2 is 1.86 bits per heavy atom. The molecule has 35 heavy (non-hydrogen) atoms. The summed E-state index contributed by atoms with van der Waals surface area (Å²) in [5.74, 6) is -1.14. The molecule has 1 atom stereocenters. The molecule has 1 aliphatic rings. The van der Waals surface area contributed by atoms with Gasteiger partial charge in [0.05, 0.1) is 16.6 Å². The fourth-order valence-corrected chi connectivity index (χ4v) is 5.06. The third kappa shape index (κ3) is 6.54. The number of nitrogens with one attached hydrogen (secondary N) is 3. The maximum atomic E-state index is 14.6. The predicted octanol–water partition coefficient (Wildman–Crippen LogP) is 4.34. The van der Waals surface area contributed by atoms with Crippen molar-refractivity contribution in [3.8, 4) is 11.5 Å². The zero-order valence-corrected chi connectivity index (χ0v) is 20.3. The van der Waals surface area contributed by atoms with Gasteiger partial charge in [0.1, 0.15) is 23.1 Å². The molecule has 1 saturated carbocycles. The van der Waals surface area contributed by atoms with Crippen LogP contribution in [-0.2, 0) is 27.7 Å². The minimum Gasteiger partial charge on any atom is -0.455 e. The number of halogens is 2. The highest BCUT2D eigenvalue weighted by Crippen LogP contribution is 2.41. The van der Waals surface area contributed by atoms with Crippen molar-refractivity contribution in [2.75, 3.05) is 10.0 Å². The summed E-state index contributed by atoms with van der Waals surface area (Å²) in [5.41, 5.74) is 1.35. The predicted molar refractivity (Wildman–Crippen MR) is 132 cm³/mol. The standard InChI is InChI=1S/C23H24F2N4O4S2/c1-14-5-8-20(19(25)9-14)28-21-11-16(24)12-22(23(21)29-35(31,32)18-6-7-18)33-17-4-2-3-15(10-17)13-27-34(26)30/h2-5,8-12,18,27-29H,6-7,13,26H2,1H3. The van der Waals surface area contributed by atoms with Crippen LogP contribution in [0, 0.1) is 18.6 Å².